The fraction of sp³-hybridized carbons (Fsp3) is 0.391. The van der Waals surface area contributed by atoms with E-state index in [9.17, 15) is 9.90 Å². The van der Waals surface area contributed by atoms with Gasteiger partial charge in [0, 0.05) is 34.9 Å². The van der Waals surface area contributed by atoms with E-state index < -0.39 is 5.97 Å². The van der Waals surface area contributed by atoms with Gasteiger partial charge >= 0.3 is 5.97 Å². The van der Waals surface area contributed by atoms with Crippen molar-refractivity contribution in [3.8, 4) is 0 Å². The van der Waals surface area contributed by atoms with Crippen LogP contribution in [-0.4, -0.2) is 27.9 Å². The topological polar surface area (TPSA) is 59.4 Å². The van der Waals surface area contributed by atoms with Gasteiger partial charge in [-0.05, 0) is 56.5 Å². The molecule has 2 aromatic rings. The van der Waals surface area contributed by atoms with Gasteiger partial charge in [-0.25, -0.2) is 4.79 Å². The summed E-state index contributed by atoms with van der Waals surface area (Å²) in [5.41, 5.74) is 5.18. The summed E-state index contributed by atoms with van der Waals surface area (Å²) in [6.45, 7) is 9.96. The Kier molecular flexibility index (Phi) is 6.14. The lowest BCUT2D eigenvalue weighted by Gasteiger charge is -2.29. The average molecular weight is 398 g/mol. The van der Waals surface area contributed by atoms with Crippen LogP contribution >= 0.6 is 11.8 Å². The van der Waals surface area contributed by atoms with Gasteiger partial charge < -0.3 is 9.84 Å². The molecule has 0 amide bonds. The summed E-state index contributed by atoms with van der Waals surface area (Å²) in [6.07, 6.45) is 1.88. The zero-order chi connectivity index (χ0) is 20.4. The minimum absolute atomic E-state index is 0.110. The predicted octanol–water partition coefficient (Wildman–Crippen LogP) is 5.33. The van der Waals surface area contributed by atoms with Crippen molar-refractivity contribution in [2.75, 3.05) is 5.75 Å². The van der Waals surface area contributed by atoms with Crippen LogP contribution in [-0.2, 0) is 9.53 Å². The minimum Gasteiger partial charge on any atom is -0.511 e. The van der Waals surface area contributed by atoms with Crippen molar-refractivity contribution in [3.05, 3.63) is 64.2 Å². The van der Waals surface area contributed by atoms with Crippen LogP contribution in [0.4, 0.5) is 0 Å². The highest BCUT2D eigenvalue weighted by atomic mass is 32.2. The molecule has 0 fully saturated rings. The Bertz CT molecular complexity index is 895. The van der Waals surface area contributed by atoms with Crippen LogP contribution in [0.5, 0.6) is 0 Å². The maximum atomic E-state index is 12.8. The van der Waals surface area contributed by atoms with Gasteiger partial charge in [0.2, 0.25) is 0 Å². The van der Waals surface area contributed by atoms with Crippen LogP contribution < -0.4 is 0 Å². The van der Waals surface area contributed by atoms with Crippen molar-refractivity contribution >= 4 is 23.3 Å². The van der Waals surface area contributed by atoms with Crippen molar-refractivity contribution in [2.45, 2.75) is 52.0 Å². The Morgan fingerprint density at radius 3 is 2.46 bits per heavy atom. The van der Waals surface area contributed by atoms with Gasteiger partial charge in [0.05, 0.1) is 0 Å². The lowest BCUT2D eigenvalue weighted by Crippen LogP contribution is -2.32. The number of thioether (sulfide) groups is 1. The second kappa shape index (κ2) is 8.39. The van der Waals surface area contributed by atoms with Crippen LogP contribution in [0.25, 0.3) is 5.57 Å². The van der Waals surface area contributed by atoms with Gasteiger partial charge in [-0.1, -0.05) is 24.6 Å². The minimum atomic E-state index is -0.433. The largest absolute Gasteiger partial charge is 0.511 e. The number of carbonyl (C=O) groups excluding carboxylic acids is 1. The zero-order valence-corrected chi connectivity index (χ0v) is 17.9. The SMILES string of the molecule is Cc1cc(C)c(C2=C(O)CC(C(C)CSc3ccc(C)nc3)OC2=O)c(C)c1. The monoisotopic (exact) mass is 397 g/mol. The molecule has 0 saturated carbocycles. The standard InChI is InChI=1S/C23H27NO3S/c1-13-8-14(2)21(15(3)9-13)22-19(25)10-20(27-23(22)26)16(4)12-28-18-7-6-17(5)24-11-18/h6-9,11,16,20,25H,10,12H2,1-5H3. The molecule has 1 aromatic heterocycles. The second-order valence-electron chi connectivity index (χ2n) is 7.67. The summed E-state index contributed by atoms with van der Waals surface area (Å²) in [6, 6.07) is 8.08. The quantitative estimate of drug-likeness (QED) is 0.546. The molecular formula is C23H27NO3S. The van der Waals surface area contributed by atoms with E-state index in [0.29, 0.717) is 12.0 Å². The number of esters is 1. The number of cyclic esters (lactones) is 1. The molecule has 2 atom stereocenters. The van der Waals surface area contributed by atoms with Crippen LogP contribution in [0.3, 0.4) is 0 Å². The Morgan fingerprint density at radius 2 is 1.89 bits per heavy atom. The number of rotatable bonds is 5. The van der Waals surface area contributed by atoms with Crippen molar-refractivity contribution in [1.29, 1.82) is 0 Å². The molecule has 3 rings (SSSR count). The highest BCUT2D eigenvalue weighted by Gasteiger charge is 2.34. The highest BCUT2D eigenvalue weighted by molar-refractivity contribution is 7.99. The fourth-order valence-electron chi connectivity index (χ4n) is 3.66. The van der Waals surface area contributed by atoms with Crippen LogP contribution in [0, 0.1) is 33.6 Å². The molecule has 148 valence electrons. The fourth-order valence-corrected chi connectivity index (χ4v) is 4.62. The Hall–Kier alpha value is -2.27. The van der Waals surface area contributed by atoms with E-state index in [1.165, 1.54) is 0 Å². The number of aliphatic hydroxyl groups is 1. The number of aliphatic hydroxyl groups excluding tert-OH is 1. The Labute approximate surface area is 171 Å². The molecule has 0 aliphatic carbocycles. The van der Waals surface area contributed by atoms with E-state index in [1.807, 2.05) is 65.1 Å². The maximum absolute atomic E-state index is 12.8. The first-order valence-electron chi connectivity index (χ1n) is 9.53. The van der Waals surface area contributed by atoms with Crippen molar-refractivity contribution in [2.24, 2.45) is 5.92 Å². The molecule has 0 radical (unpaired) electrons. The molecule has 1 aromatic carbocycles. The normalized spacial score (nSPS) is 18.2. The number of benzene rings is 1. The summed E-state index contributed by atoms with van der Waals surface area (Å²) < 4.78 is 5.75. The van der Waals surface area contributed by atoms with Gasteiger partial charge in [0.15, 0.2) is 0 Å². The first kappa shape index (κ1) is 20.5. The molecular weight excluding hydrogens is 370 g/mol. The summed E-state index contributed by atoms with van der Waals surface area (Å²) in [5.74, 6) is 0.593. The molecule has 1 aliphatic heterocycles. The first-order valence-corrected chi connectivity index (χ1v) is 10.5. The second-order valence-corrected chi connectivity index (χ2v) is 8.76. The summed E-state index contributed by atoms with van der Waals surface area (Å²) >= 11 is 1.69. The third kappa shape index (κ3) is 4.41. The molecule has 1 N–H and O–H groups in total. The van der Waals surface area contributed by atoms with E-state index in [-0.39, 0.29) is 17.8 Å². The number of hydrogen-bond donors (Lipinski definition) is 1. The summed E-state index contributed by atoms with van der Waals surface area (Å²) in [5, 5.41) is 10.7. The van der Waals surface area contributed by atoms with Crippen molar-refractivity contribution in [3.63, 3.8) is 0 Å². The third-order valence-electron chi connectivity index (χ3n) is 5.10. The molecule has 5 heteroatoms. The number of aryl methyl sites for hydroxylation is 4. The molecule has 0 bridgehead atoms. The molecule has 0 spiro atoms. The van der Waals surface area contributed by atoms with Crippen LogP contribution in [0.15, 0.2) is 41.1 Å². The number of pyridine rings is 1. The zero-order valence-electron chi connectivity index (χ0n) is 17.1. The molecule has 2 heterocycles. The van der Waals surface area contributed by atoms with Gasteiger partial charge in [0.1, 0.15) is 17.4 Å². The van der Waals surface area contributed by atoms with Gasteiger partial charge in [-0.15, -0.1) is 11.8 Å². The van der Waals surface area contributed by atoms with Crippen molar-refractivity contribution < 1.29 is 14.6 Å². The molecule has 2 unspecified atom stereocenters. The molecule has 1 aliphatic rings. The Morgan fingerprint density at radius 1 is 1.21 bits per heavy atom. The van der Waals surface area contributed by atoms with E-state index in [2.05, 4.69) is 4.98 Å². The van der Waals surface area contributed by atoms with E-state index >= 15 is 0 Å². The molecule has 28 heavy (non-hydrogen) atoms. The highest BCUT2D eigenvalue weighted by Crippen LogP contribution is 2.35. The molecule has 4 nitrogen and oxygen atoms in total. The van der Waals surface area contributed by atoms with E-state index in [4.69, 9.17) is 4.74 Å². The average Bonchev–Trinajstić information content (AvgIpc) is 2.62. The summed E-state index contributed by atoms with van der Waals surface area (Å²) in [7, 11) is 0. The number of hydrogen-bond acceptors (Lipinski definition) is 5. The van der Waals surface area contributed by atoms with Crippen LogP contribution in [0.1, 0.15) is 41.3 Å². The van der Waals surface area contributed by atoms with Gasteiger partial charge in [-0.3, -0.25) is 4.98 Å². The number of carbonyl (C=O) groups is 1. The lowest BCUT2D eigenvalue weighted by atomic mass is 9.89. The first-order chi connectivity index (χ1) is 13.3. The van der Waals surface area contributed by atoms with Gasteiger partial charge in [-0.2, -0.15) is 0 Å². The Balaban J connectivity index is 1.75. The summed E-state index contributed by atoms with van der Waals surface area (Å²) in [4.78, 5) is 18.2. The predicted molar refractivity (Wildman–Crippen MR) is 114 cm³/mol. The smallest absolute Gasteiger partial charge is 0.342 e. The number of nitrogens with zero attached hydrogens (tertiary/aromatic N) is 1. The van der Waals surface area contributed by atoms with Crippen molar-refractivity contribution in [1.82, 2.24) is 4.98 Å². The van der Waals surface area contributed by atoms with Crippen LogP contribution in [0.2, 0.25) is 0 Å². The number of ether oxygens (including phenoxy) is 1. The maximum Gasteiger partial charge on any atom is 0.342 e. The number of aromatic nitrogens is 1. The van der Waals surface area contributed by atoms with Gasteiger partial charge in [0.25, 0.3) is 0 Å². The third-order valence-corrected chi connectivity index (χ3v) is 6.37. The van der Waals surface area contributed by atoms with E-state index in [0.717, 1.165) is 38.6 Å². The lowest BCUT2D eigenvalue weighted by molar-refractivity contribution is -0.145. The molecule has 0 saturated heterocycles. The van der Waals surface area contributed by atoms with E-state index in [1.54, 1.807) is 11.8 Å².